The van der Waals surface area contributed by atoms with E-state index in [0.29, 0.717) is 12.6 Å². The van der Waals surface area contributed by atoms with E-state index < -0.39 is 0 Å². The van der Waals surface area contributed by atoms with Crippen LogP contribution < -0.4 is 5.73 Å². The number of hydrogen-bond donors (Lipinski definition) is 1. The molecule has 1 aliphatic carbocycles. The fourth-order valence-electron chi connectivity index (χ4n) is 3.13. The second-order valence-corrected chi connectivity index (χ2v) is 5.67. The van der Waals surface area contributed by atoms with E-state index in [9.17, 15) is 0 Å². The summed E-state index contributed by atoms with van der Waals surface area (Å²) in [6, 6.07) is 0. The average molecular weight is 241 g/mol. The first-order chi connectivity index (χ1) is 8.28. The molecule has 2 fully saturated rings. The number of ether oxygens (including phenoxy) is 2. The Labute approximate surface area is 105 Å². The Balaban J connectivity index is 1.86. The lowest BCUT2D eigenvalue weighted by Crippen LogP contribution is -2.47. The summed E-state index contributed by atoms with van der Waals surface area (Å²) in [5, 5.41) is 0. The molecule has 0 aromatic rings. The second-order valence-electron chi connectivity index (χ2n) is 5.67. The minimum Gasteiger partial charge on any atom is -0.381 e. The van der Waals surface area contributed by atoms with Crippen molar-refractivity contribution in [2.45, 2.75) is 63.6 Å². The van der Waals surface area contributed by atoms with Gasteiger partial charge in [-0.2, -0.15) is 0 Å². The normalized spacial score (nSPS) is 36.0. The van der Waals surface area contributed by atoms with E-state index in [0.717, 1.165) is 44.8 Å². The van der Waals surface area contributed by atoms with Gasteiger partial charge < -0.3 is 15.2 Å². The first-order valence-electron chi connectivity index (χ1n) is 7.23. The number of nitrogens with two attached hydrogens (primary N) is 1. The summed E-state index contributed by atoms with van der Waals surface area (Å²) in [5.74, 6) is 0.896. The highest BCUT2D eigenvalue weighted by Gasteiger charge is 2.37. The molecule has 1 saturated carbocycles. The maximum atomic E-state index is 6.36. The molecule has 2 aliphatic rings. The lowest BCUT2D eigenvalue weighted by atomic mass is 9.77. The second kappa shape index (κ2) is 6.17. The standard InChI is InChI=1S/C14H27NO2/c1-2-12-3-7-14(11-15,8-4-12)17-13-5-9-16-10-6-13/h12-13H,2-11,15H2,1H3. The van der Waals surface area contributed by atoms with Gasteiger partial charge >= 0.3 is 0 Å². The molecular weight excluding hydrogens is 214 g/mol. The van der Waals surface area contributed by atoms with Crippen molar-refractivity contribution < 1.29 is 9.47 Å². The molecule has 0 spiro atoms. The third kappa shape index (κ3) is 3.43. The van der Waals surface area contributed by atoms with Gasteiger partial charge in [0.2, 0.25) is 0 Å². The van der Waals surface area contributed by atoms with Crippen LogP contribution in [0.25, 0.3) is 0 Å². The molecule has 1 heterocycles. The Morgan fingerprint density at radius 2 is 1.82 bits per heavy atom. The van der Waals surface area contributed by atoms with Crippen molar-refractivity contribution in [3.63, 3.8) is 0 Å². The zero-order valence-corrected chi connectivity index (χ0v) is 11.1. The van der Waals surface area contributed by atoms with Gasteiger partial charge in [0.1, 0.15) is 0 Å². The molecule has 17 heavy (non-hydrogen) atoms. The first kappa shape index (κ1) is 13.3. The zero-order valence-electron chi connectivity index (χ0n) is 11.1. The van der Waals surface area contributed by atoms with Crippen LogP contribution in [0, 0.1) is 5.92 Å². The van der Waals surface area contributed by atoms with Crippen LogP contribution in [0.5, 0.6) is 0 Å². The molecule has 0 atom stereocenters. The van der Waals surface area contributed by atoms with Crippen LogP contribution >= 0.6 is 0 Å². The molecular formula is C14H27NO2. The summed E-state index contributed by atoms with van der Waals surface area (Å²) >= 11 is 0. The Kier molecular flexibility index (Phi) is 4.83. The number of rotatable bonds is 4. The van der Waals surface area contributed by atoms with Crippen LogP contribution in [0.3, 0.4) is 0 Å². The first-order valence-corrected chi connectivity index (χ1v) is 7.23. The molecule has 3 heteroatoms. The van der Waals surface area contributed by atoms with Crippen molar-refractivity contribution in [2.24, 2.45) is 11.7 Å². The highest BCUT2D eigenvalue weighted by Crippen LogP contribution is 2.37. The molecule has 0 aromatic heterocycles. The lowest BCUT2D eigenvalue weighted by molar-refractivity contribution is -0.140. The maximum absolute atomic E-state index is 6.36. The van der Waals surface area contributed by atoms with E-state index in [1.165, 1.54) is 19.3 Å². The Hall–Kier alpha value is -0.120. The molecule has 100 valence electrons. The molecule has 0 radical (unpaired) electrons. The van der Waals surface area contributed by atoms with Crippen molar-refractivity contribution in [1.82, 2.24) is 0 Å². The highest BCUT2D eigenvalue weighted by molar-refractivity contribution is 4.89. The van der Waals surface area contributed by atoms with Gasteiger partial charge in [0.05, 0.1) is 11.7 Å². The Morgan fingerprint density at radius 3 is 2.35 bits per heavy atom. The zero-order chi connectivity index (χ0) is 12.1. The SMILES string of the molecule is CCC1CCC(CN)(OC2CCOCC2)CC1. The molecule has 0 unspecified atom stereocenters. The van der Waals surface area contributed by atoms with Crippen LogP contribution in [-0.4, -0.2) is 31.5 Å². The summed E-state index contributed by atoms with van der Waals surface area (Å²) in [6.07, 6.45) is 8.65. The molecule has 1 aliphatic heterocycles. The summed E-state index contributed by atoms with van der Waals surface area (Å²) in [7, 11) is 0. The largest absolute Gasteiger partial charge is 0.381 e. The van der Waals surface area contributed by atoms with Gasteiger partial charge in [-0.3, -0.25) is 0 Å². The highest BCUT2D eigenvalue weighted by atomic mass is 16.5. The van der Waals surface area contributed by atoms with Crippen LogP contribution in [0.4, 0.5) is 0 Å². The average Bonchev–Trinajstić information content (AvgIpc) is 2.41. The smallest absolute Gasteiger partial charge is 0.0808 e. The van der Waals surface area contributed by atoms with Crippen molar-refractivity contribution >= 4 is 0 Å². The predicted molar refractivity (Wildman–Crippen MR) is 69.0 cm³/mol. The van der Waals surface area contributed by atoms with Crippen molar-refractivity contribution in [1.29, 1.82) is 0 Å². The van der Waals surface area contributed by atoms with Gasteiger partial charge in [-0.25, -0.2) is 0 Å². The fourth-order valence-corrected chi connectivity index (χ4v) is 3.13. The quantitative estimate of drug-likeness (QED) is 0.822. The molecule has 0 bridgehead atoms. The van der Waals surface area contributed by atoms with E-state index in [4.69, 9.17) is 15.2 Å². The molecule has 3 nitrogen and oxygen atoms in total. The van der Waals surface area contributed by atoms with E-state index in [2.05, 4.69) is 6.92 Å². The molecule has 1 saturated heterocycles. The van der Waals surface area contributed by atoms with E-state index in [1.54, 1.807) is 0 Å². The van der Waals surface area contributed by atoms with Gasteiger partial charge in [0.15, 0.2) is 0 Å². The summed E-state index contributed by atoms with van der Waals surface area (Å²) in [5.41, 5.74) is 5.97. The minimum atomic E-state index is -0.0202. The minimum absolute atomic E-state index is 0.0202. The Morgan fingerprint density at radius 1 is 1.18 bits per heavy atom. The maximum Gasteiger partial charge on any atom is 0.0808 e. The summed E-state index contributed by atoms with van der Waals surface area (Å²) in [6.45, 7) is 4.67. The Bertz CT molecular complexity index is 218. The predicted octanol–water partition coefficient (Wildman–Crippen LogP) is 2.48. The van der Waals surface area contributed by atoms with Crippen LogP contribution in [0.2, 0.25) is 0 Å². The van der Waals surface area contributed by atoms with Crippen LogP contribution in [0.15, 0.2) is 0 Å². The van der Waals surface area contributed by atoms with Crippen molar-refractivity contribution in [3.05, 3.63) is 0 Å². The molecule has 0 aromatic carbocycles. The monoisotopic (exact) mass is 241 g/mol. The fraction of sp³-hybridized carbons (Fsp3) is 1.00. The topological polar surface area (TPSA) is 44.5 Å². The third-order valence-electron chi connectivity index (χ3n) is 4.55. The van der Waals surface area contributed by atoms with Crippen molar-refractivity contribution in [3.8, 4) is 0 Å². The van der Waals surface area contributed by atoms with E-state index >= 15 is 0 Å². The van der Waals surface area contributed by atoms with E-state index in [-0.39, 0.29) is 5.60 Å². The molecule has 0 amide bonds. The van der Waals surface area contributed by atoms with E-state index in [1.807, 2.05) is 0 Å². The summed E-state index contributed by atoms with van der Waals surface area (Å²) in [4.78, 5) is 0. The lowest BCUT2D eigenvalue weighted by Gasteiger charge is -2.42. The van der Waals surface area contributed by atoms with Crippen molar-refractivity contribution in [2.75, 3.05) is 19.8 Å². The van der Waals surface area contributed by atoms with Crippen LogP contribution in [0.1, 0.15) is 51.9 Å². The van der Waals surface area contributed by atoms with Crippen LogP contribution in [-0.2, 0) is 9.47 Å². The summed E-state index contributed by atoms with van der Waals surface area (Å²) < 4.78 is 11.7. The molecule has 2 rings (SSSR count). The van der Waals surface area contributed by atoms with Gasteiger partial charge in [-0.1, -0.05) is 13.3 Å². The third-order valence-corrected chi connectivity index (χ3v) is 4.55. The van der Waals surface area contributed by atoms with Gasteiger partial charge in [-0.05, 0) is 44.4 Å². The van der Waals surface area contributed by atoms with Gasteiger partial charge in [-0.15, -0.1) is 0 Å². The molecule has 2 N–H and O–H groups in total. The number of hydrogen-bond acceptors (Lipinski definition) is 3. The van der Waals surface area contributed by atoms with Gasteiger partial charge in [0, 0.05) is 19.8 Å². The van der Waals surface area contributed by atoms with Gasteiger partial charge in [0.25, 0.3) is 0 Å².